The first-order valence-corrected chi connectivity index (χ1v) is 9.27. The highest BCUT2D eigenvalue weighted by molar-refractivity contribution is 6.00. The maximum atomic E-state index is 12.4. The van der Waals surface area contributed by atoms with E-state index in [0.29, 0.717) is 13.0 Å². The Bertz CT molecular complexity index is 830. The van der Waals surface area contributed by atoms with Gasteiger partial charge < -0.3 is 15.4 Å². The molecular formula is C22H26N2O3. The number of hydrogen-bond donors (Lipinski definition) is 2. The standard InChI is InChI=1S/C22H26N2O3/c1-14-5-4-6-20(15(14)2)24-22(26)19-13-18(19)21(25)23-12-11-16-7-9-17(27-3)10-8-16/h4-10,18-19H,11-13H2,1-3H3,(H,23,25)(H,24,26). The number of methoxy groups -OCH3 is 1. The molecule has 0 spiro atoms. The summed E-state index contributed by atoms with van der Waals surface area (Å²) < 4.78 is 5.13. The van der Waals surface area contributed by atoms with Gasteiger partial charge in [-0.3, -0.25) is 9.59 Å². The normalized spacial score (nSPS) is 17.9. The summed E-state index contributed by atoms with van der Waals surface area (Å²) in [5.41, 5.74) is 4.16. The van der Waals surface area contributed by atoms with Gasteiger partial charge in [0, 0.05) is 12.2 Å². The van der Waals surface area contributed by atoms with E-state index < -0.39 is 0 Å². The van der Waals surface area contributed by atoms with Gasteiger partial charge in [-0.05, 0) is 61.6 Å². The molecule has 1 saturated carbocycles. The molecule has 0 aromatic heterocycles. The van der Waals surface area contributed by atoms with E-state index in [2.05, 4.69) is 10.6 Å². The molecule has 2 aromatic rings. The largest absolute Gasteiger partial charge is 0.497 e. The van der Waals surface area contributed by atoms with Gasteiger partial charge in [-0.1, -0.05) is 24.3 Å². The minimum Gasteiger partial charge on any atom is -0.497 e. The minimum absolute atomic E-state index is 0.0374. The summed E-state index contributed by atoms with van der Waals surface area (Å²) in [6, 6.07) is 13.6. The molecular weight excluding hydrogens is 340 g/mol. The topological polar surface area (TPSA) is 67.4 Å². The smallest absolute Gasteiger partial charge is 0.228 e. The van der Waals surface area contributed by atoms with Crippen LogP contribution in [0.15, 0.2) is 42.5 Å². The summed E-state index contributed by atoms with van der Waals surface area (Å²) in [5, 5.41) is 5.90. The van der Waals surface area contributed by atoms with Gasteiger partial charge >= 0.3 is 0 Å². The van der Waals surface area contributed by atoms with Crippen LogP contribution < -0.4 is 15.4 Å². The van der Waals surface area contributed by atoms with Gasteiger partial charge in [-0.2, -0.15) is 0 Å². The van der Waals surface area contributed by atoms with Gasteiger partial charge in [0.1, 0.15) is 5.75 Å². The van der Waals surface area contributed by atoms with Crippen molar-refractivity contribution in [2.45, 2.75) is 26.7 Å². The lowest BCUT2D eigenvalue weighted by atomic mass is 10.1. The maximum absolute atomic E-state index is 12.4. The van der Waals surface area contributed by atoms with Gasteiger partial charge in [0.15, 0.2) is 0 Å². The number of amides is 2. The van der Waals surface area contributed by atoms with Gasteiger partial charge in [-0.25, -0.2) is 0 Å². The van der Waals surface area contributed by atoms with E-state index in [4.69, 9.17) is 4.74 Å². The van der Waals surface area contributed by atoms with Crippen LogP contribution in [0.5, 0.6) is 5.75 Å². The molecule has 2 amide bonds. The first-order valence-electron chi connectivity index (χ1n) is 9.27. The van der Waals surface area contributed by atoms with E-state index in [1.54, 1.807) is 7.11 Å². The zero-order valence-electron chi connectivity index (χ0n) is 16.0. The van der Waals surface area contributed by atoms with Gasteiger partial charge in [0.05, 0.1) is 18.9 Å². The summed E-state index contributed by atoms with van der Waals surface area (Å²) in [4.78, 5) is 24.7. The first-order chi connectivity index (χ1) is 13.0. The number of rotatable bonds is 7. The highest BCUT2D eigenvalue weighted by Crippen LogP contribution is 2.39. The molecule has 2 aromatic carbocycles. The third kappa shape index (κ3) is 4.67. The SMILES string of the molecule is COc1ccc(CCNC(=O)C2CC2C(=O)Nc2cccc(C)c2C)cc1. The molecule has 2 atom stereocenters. The highest BCUT2D eigenvalue weighted by Gasteiger charge is 2.47. The highest BCUT2D eigenvalue weighted by atomic mass is 16.5. The molecule has 0 heterocycles. The van der Waals surface area contributed by atoms with E-state index in [0.717, 1.165) is 34.5 Å². The number of aryl methyl sites for hydroxylation is 1. The minimum atomic E-state index is -0.231. The van der Waals surface area contributed by atoms with Crippen LogP contribution in [0.1, 0.15) is 23.1 Å². The number of nitrogens with one attached hydrogen (secondary N) is 2. The maximum Gasteiger partial charge on any atom is 0.228 e. The van der Waals surface area contributed by atoms with Crippen molar-refractivity contribution in [1.29, 1.82) is 0 Å². The third-order valence-corrected chi connectivity index (χ3v) is 5.20. The van der Waals surface area contributed by atoms with Gasteiger partial charge in [0.25, 0.3) is 0 Å². The van der Waals surface area contributed by atoms with Crippen molar-refractivity contribution >= 4 is 17.5 Å². The Morgan fingerprint density at radius 1 is 1.04 bits per heavy atom. The van der Waals surface area contributed by atoms with Crippen molar-refractivity contribution < 1.29 is 14.3 Å². The predicted molar refractivity (Wildman–Crippen MR) is 106 cm³/mol. The van der Waals surface area contributed by atoms with Crippen molar-refractivity contribution in [1.82, 2.24) is 5.32 Å². The molecule has 0 aliphatic heterocycles. The Balaban J connectivity index is 1.44. The fourth-order valence-corrected chi connectivity index (χ4v) is 3.14. The van der Waals surface area contributed by atoms with E-state index in [-0.39, 0.29) is 23.7 Å². The molecule has 142 valence electrons. The molecule has 3 rings (SSSR count). The van der Waals surface area contributed by atoms with Crippen LogP contribution in [-0.2, 0) is 16.0 Å². The Morgan fingerprint density at radius 2 is 1.74 bits per heavy atom. The van der Waals surface area contributed by atoms with E-state index in [9.17, 15) is 9.59 Å². The Kier molecular flexibility index (Phi) is 5.79. The number of carbonyl (C=O) groups excluding carboxylic acids is 2. The monoisotopic (exact) mass is 366 g/mol. The van der Waals surface area contributed by atoms with Crippen LogP contribution >= 0.6 is 0 Å². The molecule has 2 N–H and O–H groups in total. The first kappa shape index (κ1) is 19.0. The van der Waals surface area contributed by atoms with Crippen LogP contribution in [-0.4, -0.2) is 25.5 Å². The van der Waals surface area contributed by atoms with Crippen molar-refractivity contribution in [2.24, 2.45) is 11.8 Å². The number of hydrogen-bond acceptors (Lipinski definition) is 3. The van der Waals surface area contributed by atoms with E-state index in [1.807, 2.05) is 56.3 Å². The van der Waals surface area contributed by atoms with E-state index >= 15 is 0 Å². The second-order valence-electron chi connectivity index (χ2n) is 7.07. The van der Waals surface area contributed by atoms with Gasteiger partial charge in [0.2, 0.25) is 11.8 Å². The Labute approximate surface area is 160 Å². The zero-order valence-corrected chi connectivity index (χ0v) is 16.0. The van der Waals surface area contributed by atoms with Crippen molar-refractivity contribution in [3.05, 3.63) is 59.2 Å². The summed E-state index contributed by atoms with van der Waals surface area (Å²) in [6.45, 7) is 4.56. The number of anilines is 1. The molecule has 1 aliphatic carbocycles. The summed E-state index contributed by atoms with van der Waals surface area (Å²) in [7, 11) is 1.64. The summed E-state index contributed by atoms with van der Waals surface area (Å²) in [5.74, 6) is 0.263. The number of carbonyl (C=O) groups is 2. The van der Waals surface area contributed by atoms with Crippen molar-refractivity contribution in [3.8, 4) is 5.75 Å². The van der Waals surface area contributed by atoms with Crippen molar-refractivity contribution in [2.75, 3.05) is 19.0 Å². The fraction of sp³-hybridized carbons (Fsp3) is 0.364. The third-order valence-electron chi connectivity index (χ3n) is 5.20. The summed E-state index contributed by atoms with van der Waals surface area (Å²) in [6.07, 6.45) is 1.37. The zero-order chi connectivity index (χ0) is 19.4. The Hall–Kier alpha value is -2.82. The number of ether oxygens (including phenoxy) is 1. The molecule has 27 heavy (non-hydrogen) atoms. The lowest BCUT2D eigenvalue weighted by molar-refractivity contribution is -0.125. The molecule has 5 heteroatoms. The second-order valence-corrected chi connectivity index (χ2v) is 7.07. The van der Waals surface area contributed by atoms with Crippen LogP contribution in [0.4, 0.5) is 5.69 Å². The molecule has 0 saturated heterocycles. The van der Waals surface area contributed by atoms with Crippen LogP contribution in [0.25, 0.3) is 0 Å². The van der Waals surface area contributed by atoms with Crippen molar-refractivity contribution in [3.63, 3.8) is 0 Å². The molecule has 1 fully saturated rings. The molecule has 0 bridgehead atoms. The summed E-state index contributed by atoms with van der Waals surface area (Å²) >= 11 is 0. The molecule has 5 nitrogen and oxygen atoms in total. The lowest BCUT2D eigenvalue weighted by Gasteiger charge is -2.10. The Morgan fingerprint density at radius 3 is 2.44 bits per heavy atom. The average molecular weight is 366 g/mol. The van der Waals surface area contributed by atoms with Crippen LogP contribution in [0, 0.1) is 25.7 Å². The lowest BCUT2D eigenvalue weighted by Crippen LogP contribution is -2.29. The average Bonchev–Trinajstić information content (AvgIpc) is 3.47. The molecule has 1 aliphatic rings. The molecule has 0 radical (unpaired) electrons. The van der Waals surface area contributed by atoms with Crippen LogP contribution in [0.3, 0.4) is 0 Å². The van der Waals surface area contributed by atoms with E-state index in [1.165, 1.54) is 0 Å². The second kappa shape index (κ2) is 8.25. The molecule has 2 unspecified atom stereocenters. The van der Waals surface area contributed by atoms with Gasteiger partial charge in [-0.15, -0.1) is 0 Å². The number of benzene rings is 2. The fourth-order valence-electron chi connectivity index (χ4n) is 3.14. The predicted octanol–water partition coefficient (Wildman–Crippen LogP) is 3.25. The van der Waals surface area contributed by atoms with Crippen LogP contribution in [0.2, 0.25) is 0 Å². The quantitative estimate of drug-likeness (QED) is 0.790.